The zero-order chi connectivity index (χ0) is 15.4. The Hall–Kier alpha value is -0.670. The number of hydrogen-bond acceptors (Lipinski definition) is 9. The van der Waals surface area contributed by atoms with E-state index < -0.39 is 45.2 Å². The minimum absolute atomic E-state index is 0.251. The molecule has 0 saturated heterocycles. The normalized spacial score (nSPS) is 19.4. The summed E-state index contributed by atoms with van der Waals surface area (Å²) in [7, 11) is -10.4. The number of hydrogen-bond donors (Lipinski definition) is 4. The molecule has 4 N–H and O–H groups in total. The number of aldehydes is 1. The predicted molar refractivity (Wildman–Crippen MR) is 56.6 cm³/mol. The molecule has 0 aliphatic carbocycles. The van der Waals surface area contributed by atoms with Crippen molar-refractivity contribution < 1.29 is 49.3 Å². The highest BCUT2D eigenvalue weighted by Gasteiger charge is 2.39. The SMILES string of the molecule is C[C@@H](O)[C@H](OS(=O)(=O)O)[C@H](OS(=O)(=O)O)[C@@H](O)C=O. The van der Waals surface area contributed by atoms with Gasteiger partial charge in [0.15, 0.2) is 6.29 Å². The Labute approximate surface area is 108 Å². The summed E-state index contributed by atoms with van der Waals surface area (Å²) in [5, 5.41) is 18.4. The van der Waals surface area contributed by atoms with Gasteiger partial charge in [-0.05, 0) is 6.92 Å². The van der Waals surface area contributed by atoms with Crippen molar-refractivity contribution in [3.05, 3.63) is 0 Å². The van der Waals surface area contributed by atoms with E-state index in [2.05, 4.69) is 8.37 Å². The summed E-state index contributed by atoms with van der Waals surface area (Å²) < 4.78 is 66.7. The summed E-state index contributed by atoms with van der Waals surface area (Å²) in [6.07, 6.45) is -8.77. The van der Waals surface area contributed by atoms with E-state index in [9.17, 15) is 26.7 Å². The highest BCUT2D eigenvalue weighted by Crippen LogP contribution is 2.16. The highest BCUT2D eigenvalue weighted by atomic mass is 32.3. The van der Waals surface area contributed by atoms with Crippen LogP contribution in [0.1, 0.15) is 6.92 Å². The maximum Gasteiger partial charge on any atom is 0.397 e. The minimum Gasteiger partial charge on any atom is -0.391 e. The fourth-order valence-corrected chi connectivity index (χ4v) is 2.13. The van der Waals surface area contributed by atoms with Gasteiger partial charge in [-0.3, -0.25) is 9.11 Å². The van der Waals surface area contributed by atoms with Crippen molar-refractivity contribution >= 4 is 27.1 Å². The summed E-state index contributed by atoms with van der Waals surface area (Å²) in [6.45, 7) is 0.897. The molecule has 0 amide bonds. The fraction of sp³-hybridized carbons (Fsp3) is 0.833. The monoisotopic (exact) mass is 324 g/mol. The molecular formula is C6H12O11S2. The summed E-state index contributed by atoms with van der Waals surface area (Å²) >= 11 is 0. The highest BCUT2D eigenvalue weighted by molar-refractivity contribution is 7.81. The third-order valence-corrected chi connectivity index (χ3v) is 2.67. The molecule has 0 heterocycles. The topological polar surface area (TPSA) is 185 Å². The molecule has 114 valence electrons. The van der Waals surface area contributed by atoms with Gasteiger partial charge in [-0.2, -0.15) is 16.8 Å². The van der Waals surface area contributed by atoms with Crippen LogP contribution >= 0.6 is 0 Å². The molecule has 19 heavy (non-hydrogen) atoms. The summed E-state index contributed by atoms with van der Waals surface area (Å²) in [5.74, 6) is 0. The lowest BCUT2D eigenvalue weighted by molar-refractivity contribution is -0.127. The number of carbonyl (C=O) groups is 1. The number of rotatable bonds is 8. The molecule has 0 fully saturated rings. The first-order valence-corrected chi connectivity index (χ1v) is 7.23. The molecule has 4 atom stereocenters. The second-order valence-corrected chi connectivity index (χ2v) is 5.44. The molecule has 0 aromatic carbocycles. The van der Waals surface area contributed by atoms with Crippen LogP contribution in [0.3, 0.4) is 0 Å². The van der Waals surface area contributed by atoms with Gasteiger partial charge in [0.2, 0.25) is 0 Å². The van der Waals surface area contributed by atoms with Gasteiger partial charge in [-0.25, -0.2) is 8.37 Å². The first-order valence-electron chi connectivity index (χ1n) is 4.50. The van der Waals surface area contributed by atoms with E-state index in [-0.39, 0.29) is 6.29 Å². The van der Waals surface area contributed by atoms with Crippen LogP contribution in [0, 0.1) is 0 Å². The van der Waals surface area contributed by atoms with E-state index >= 15 is 0 Å². The molecule has 0 bridgehead atoms. The third-order valence-electron chi connectivity index (χ3n) is 1.74. The molecule has 0 unspecified atom stereocenters. The molecule has 0 rings (SSSR count). The zero-order valence-electron chi connectivity index (χ0n) is 9.35. The molecule has 11 nitrogen and oxygen atoms in total. The van der Waals surface area contributed by atoms with Crippen molar-refractivity contribution in [2.75, 3.05) is 0 Å². The van der Waals surface area contributed by atoms with E-state index in [0.717, 1.165) is 6.92 Å². The van der Waals surface area contributed by atoms with Crippen LogP contribution in [-0.2, 0) is 34.0 Å². The Morgan fingerprint density at radius 2 is 1.32 bits per heavy atom. The van der Waals surface area contributed by atoms with Crippen LogP contribution < -0.4 is 0 Å². The lowest BCUT2D eigenvalue weighted by atomic mass is 10.1. The summed E-state index contributed by atoms with van der Waals surface area (Å²) in [4.78, 5) is 10.4. The van der Waals surface area contributed by atoms with Gasteiger partial charge in [0.1, 0.15) is 18.3 Å². The molecule has 0 aromatic rings. The van der Waals surface area contributed by atoms with Crippen LogP contribution in [0.5, 0.6) is 0 Å². The zero-order valence-corrected chi connectivity index (χ0v) is 11.0. The van der Waals surface area contributed by atoms with E-state index in [1.807, 2.05) is 0 Å². The lowest BCUT2D eigenvalue weighted by Crippen LogP contribution is -2.49. The van der Waals surface area contributed by atoms with Gasteiger partial charge in [0, 0.05) is 0 Å². The van der Waals surface area contributed by atoms with Gasteiger partial charge in [-0.1, -0.05) is 0 Å². The Kier molecular flexibility index (Phi) is 6.43. The van der Waals surface area contributed by atoms with Crippen LogP contribution in [-0.4, -0.2) is 66.9 Å². The molecule has 0 aromatic heterocycles. The standard InChI is InChI=1S/C6H12O11S2/c1-3(8)5(16-18(10,11)12)6(4(9)2-7)17-19(13,14)15/h2-6,8-9H,1H3,(H,10,11,12)(H,13,14,15)/t3-,4+,5+,6-/m1/s1. The van der Waals surface area contributed by atoms with Gasteiger partial charge in [-0.15, -0.1) is 0 Å². The van der Waals surface area contributed by atoms with Gasteiger partial charge < -0.3 is 15.0 Å². The molecule has 0 saturated carbocycles. The molecule has 0 radical (unpaired) electrons. The fourth-order valence-electron chi connectivity index (χ4n) is 1.07. The minimum atomic E-state index is -5.20. The second kappa shape index (κ2) is 6.67. The Bertz CT molecular complexity index is 491. The second-order valence-electron chi connectivity index (χ2n) is 3.34. The third kappa shape index (κ3) is 7.48. The van der Waals surface area contributed by atoms with Crippen molar-refractivity contribution in [3.8, 4) is 0 Å². The molecular weight excluding hydrogens is 312 g/mol. The van der Waals surface area contributed by atoms with Crippen molar-refractivity contribution in [1.29, 1.82) is 0 Å². The summed E-state index contributed by atoms with van der Waals surface area (Å²) in [5.41, 5.74) is 0. The van der Waals surface area contributed by atoms with Crippen LogP contribution in [0.4, 0.5) is 0 Å². The maximum absolute atomic E-state index is 10.5. The van der Waals surface area contributed by atoms with Crippen molar-refractivity contribution in [2.45, 2.75) is 31.3 Å². The van der Waals surface area contributed by atoms with Crippen LogP contribution in [0.25, 0.3) is 0 Å². The molecule has 0 spiro atoms. The Balaban J connectivity index is 5.43. The van der Waals surface area contributed by atoms with Crippen LogP contribution in [0.15, 0.2) is 0 Å². The van der Waals surface area contributed by atoms with Gasteiger partial charge >= 0.3 is 20.8 Å². The van der Waals surface area contributed by atoms with E-state index in [1.54, 1.807) is 0 Å². The molecule has 13 heteroatoms. The van der Waals surface area contributed by atoms with Crippen molar-refractivity contribution in [2.24, 2.45) is 0 Å². The molecule has 0 aliphatic heterocycles. The smallest absolute Gasteiger partial charge is 0.391 e. The van der Waals surface area contributed by atoms with Crippen molar-refractivity contribution in [3.63, 3.8) is 0 Å². The van der Waals surface area contributed by atoms with E-state index in [4.69, 9.17) is 14.2 Å². The Morgan fingerprint density at radius 1 is 0.947 bits per heavy atom. The first kappa shape index (κ1) is 18.3. The Morgan fingerprint density at radius 3 is 1.58 bits per heavy atom. The number of aliphatic hydroxyl groups excluding tert-OH is 2. The van der Waals surface area contributed by atoms with Crippen LogP contribution in [0.2, 0.25) is 0 Å². The van der Waals surface area contributed by atoms with Gasteiger partial charge in [0.05, 0.1) is 6.10 Å². The van der Waals surface area contributed by atoms with E-state index in [0.29, 0.717) is 0 Å². The average molecular weight is 324 g/mol. The lowest BCUT2D eigenvalue weighted by Gasteiger charge is -2.27. The quantitative estimate of drug-likeness (QED) is 0.269. The number of carbonyl (C=O) groups excluding carboxylic acids is 1. The largest absolute Gasteiger partial charge is 0.397 e. The van der Waals surface area contributed by atoms with E-state index in [1.165, 1.54) is 0 Å². The maximum atomic E-state index is 10.5. The first-order chi connectivity index (χ1) is 8.37. The average Bonchev–Trinajstić information content (AvgIpc) is 2.19. The molecule has 0 aliphatic rings. The summed E-state index contributed by atoms with van der Waals surface area (Å²) in [6, 6.07) is 0. The van der Waals surface area contributed by atoms with Gasteiger partial charge in [0.25, 0.3) is 0 Å². The predicted octanol–water partition coefficient (Wildman–Crippen LogP) is -2.70. The van der Waals surface area contributed by atoms with Crippen molar-refractivity contribution in [1.82, 2.24) is 0 Å². The number of aliphatic hydroxyl groups is 2.